The summed E-state index contributed by atoms with van der Waals surface area (Å²) in [7, 11) is 1.67. The molecule has 1 atom stereocenters. The number of carbonyl (C=O) groups is 1. The van der Waals surface area contributed by atoms with Crippen LogP contribution in [0.15, 0.2) is 23.7 Å². The Morgan fingerprint density at radius 1 is 1.67 bits per heavy atom. The maximum Gasteiger partial charge on any atom is 0.204 e. The van der Waals surface area contributed by atoms with Gasteiger partial charge in [0.25, 0.3) is 0 Å². The molecule has 0 spiro atoms. The van der Waals surface area contributed by atoms with Crippen LogP contribution in [0.1, 0.15) is 21.4 Å². The van der Waals surface area contributed by atoms with Crippen LogP contribution in [-0.4, -0.2) is 20.8 Å². The lowest BCUT2D eigenvalue weighted by Crippen LogP contribution is -2.22. The first-order valence-electron chi connectivity index (χ1n) is 4.38. The Hall–Kier alpha value is -1.53. The van der Waals surface area contributed by atoms with Crippen LogP contribution in [0.25, 0.3) is 0 Å². The van der Waals surface area contributed by atoms with Gasteiger partial charge in [-0.1, -0.05) is 11.3 Å². The zero-order valence-corrected chi connectivity index (χ0v) is 8.94. The van der Waals surface area contributed by atoms with E-state index in [0.29, 0.717) is 5.69 Å². The number of hydrogen-bond acceptors (Lipinski definition) is 5. The van der Waals surface area contributed by atoms with E-state index in [4.69, 9.17) is 5.73 Å². The largest absolute Gasteiger partial charge is 0.317 e. The maximum atomic E-state index is 11.9. The summed E-state index contributed by atoms with van der Waals surface area (Å²) in [6.45, 7) is 0. The summed E-state index contributed by atoms with van der Waals surface area (Å²) in [4.78, 5) is 12.8. The van der Waals surface area contributed by atoms with Crippen molar-refractivity contribution in [3.63, 3.8) is 0 Å². The van der Waals surface area contributed by atoms with Crippen molar-refractivity contribution >= 4 is 17.1 Å². The van der Waals surface area contributed by atoms with Gasteiger partial charge >= 0.3 is 0 Å². The van der Waals surface area contributed by atoms with Crippen molar-refractivity contribution in [3.8, 4) is 0 Å². The Morgan fingerprint density at radius 3 is 3.00 bits per heavy atom. The van der Waals surface area contributed by atoms with Crippen molar-refractivity contribution in [2.45, 2.75) is 6.04 Å². The second-order valence-corrected chi connectivity index (χ2v) is 4.08. The van der Waals surface area contributed by atoms with E-state index in [1.165, 1.54) is 22.2 Å². The van der Waals surface area contributed by atoms with Crippen molar-refractivity contribution in [3.05, 3.63) is 34.3 Å². The second-order valence-electron chi connectivity index (χ2n) is 3.10. The van der Waals surface area contributed by atoms with Gasteiger partial charge in [-0.15, -0.1) is 16.4 Å². The molecule has 0 amide bonds. The summed E-state index contributed by atoms with van der Waals surface area (Å²) >= 11 is 1.47. The van der Waals surface area contributed by atoms with Crippen LogP contribution >= 0.6 is 11.3 Å². The number of nitrogens with zero attached hydrogens (tertiary/aromatic N) is 3. The maximum absolute atomic E-state index is 11.9. The Morgan fingerprint density at radius 2 is 2.47 bits per heavy atom. The molecule has 0 saturated heterocycles. The number of nitrogens with two attached hydrogens (primary N) is 1. The first-order chi connectivity index (χ1) is 7.20. The smallest absolute Gasteiger partial charge is 0.204 e. The van der Waals surface area contributed by atoms with Crippen molar-refractivity contribution in [1.82, 2.24) is 15.0 Å². The lowest BCUT2D eigenvalue weighted by Gasteiger charge is -2.07. The monoisotopic (exact) mass is 222 g/mol. The van der Waals surface area contributed by atoms with Gasteiger partial charge in [-0.25, -0.2) is 4.68 Å². The van der Waals surface area contributed by atoms with Crippen molar-refractivity contribution in [1.29, 1.82) is 0 Å². The Bertz CT molecular complexity index is 462. The summed E-state index contributed by atoms with van der Waals surface area (Å²) in [5.74, 6) is -0.162. The van der Waals surface area contributed by atoms with E-state index in [2.05, 4.69) is 10.3 Å². The van der Waals surface area contributed by atoms with Gasteiger partial charge in [0.15, 0.2) is 0 Å². The number of aryl methyl sites for hydroxylation is 1. The third kappa shape index (κ3) is 1.81. The highest BCUT2D eigenvalue weighted by molar-refractivity contribution is 7.10. The Labute approximate surface area is 90.5 Å². The average molecular weight is 222 g/mol. The summed E-state index contributed by atoms with van der Waals surface area (Å²) in [6, 6.07) is 3.09. The predicted molar refractivity (Wildman–Crippen MR) is 56.6 cm³/mol. The van der Waals surface area contributed by atoms with Crippen LogP contribution in [-0.2, 0) is 7.05 Å². The van der Waals surface area contributed by atoms with E-state index in [1.807, 2.05) is 17.5 Å². The fraction of sp³-hybridized carbons (Fsp3) is 0.222. The second kappa shape index (κ2) is 3.92. The molecule has 2 heterocycles. The van der Waals surface area contributed by atoms with Crippen LogP contribution in [0.3, 0.4) is 0 Å². The molecule has 78 valence electrons. The molecule has 0 saturated carbocycles. The molecular weight excluding hydrogens is 212 g/mol. The molecule has 0 aliphatic rings. The first kappa shape index (κ1) is 10.0. The highest BCUT2D eigenvalue weighted by Crippen LogP contribution is 2.19. The number of hydrogen-bond donors (Lipinski definition) is 1. The van der Waals surface area contributed by atoms with Gasteiger partial charge in [-0.05, 0) is 11.4 Å². The molecule has 6 heteroatoms. The fourth-order valence-corrected chi connectivity index (χ4v) is 1.99. The molecule has 1 unspecified atom stereocenters. The van der Waals surface area contributed by atoms with Gasteiger partial charge in [0.05, 0.1) is 6.20 Å². The zero-order valence-electron chi connectivity index (χ0n) is 8.12. The van der Waals surface area contributed by atoms with Gasteiger partial charge in [0, 0.05) is 11.9 Å². The molecule has 0 radical (unpaired) electrons. The number of ketones is 1. The molecule has 0 fully saturated rings. The Kier molecular flexibility index (Phi) is 2.61. The van der Waals surface area contributed by atoms with E-state index in [0.717, 1.165) is 4.88 Å². The third-order valence-corrected chi connectivity index (χ3v) is 3.05. The Balaban J connectivity index is 2.26. The zero-order chi connectivity index (χ0) is 10.8. The molecule has 2 aromatic heterocycles. The summed E-state index contributed by atoms with van der Waals surface area (Å²) in [5, 5.41) is 9.23. The normalized spacial score (nSPS) is 12.7. The predicted octanol–water partition coefficient (Wildman–Crippen LogP) is 0.759. The minimum Gasteiger partial charge on any atom is -0.317 e. The van der Waals surface area contributed by atoms with Crippen molar-refractivity contribution in [2.75, 3.05) is 0 Å². The number of rotatable bonds is 3. The topological polar surface area (TPSA) is 73.8 Å². The quantitative estimate of drug-likeness (QED) is 0.778. The first-order valence-corrected chi connectivity index (χ1v) is 5.26. The number of carbonyl (C=O) groups excluding carboxylic acids is 1. The summed E-state index contributed by atoms with van der Waals surface area (Å²) in [5.41, 5.74) is 6.26. The van der Waals surface area contributed by atoms with Crippen LogP contribution < -0.4 is 5.73 Å². The molecule has 0 bridgehead atoms. The molecule has 2 aromatic rings. The minimum atomic E-state index is -0.623. The molecule has 0 aliphatic heterocycles. The molecule has 5 nitrogen and oxygen atoms in total. The average Bonchev–Trinajstić information content (AvgIpc) is 2.85. The number of Topliss-reactive ketones (excluding diaryl/α,β-unsaturated/α-hetero) is 1. The lowest BCUT2D eigenvalue weighted by molar-refractivity contribution is 0.0953. The lowest BCUT2D eigenvalue weighted by atomic mass is 10.1. The molecule has 0 aromatic carbocycles. The summed E-state index contributed by atoms with van der Waals surface area (Å²) < 4.78 is 1.43. The van der Waals surface area contributed by atoms with E-state index in [9.17, 15) is 4.79 Å². The van der Waals surface area contributed by atoms with E-state index in [-0.39, 0.29) is 5.78 Å². The molecule has 2 rings (SSSR count). The van der Waals surface area contributed by atoms with Crippen LogP contribution in [0.5, 0.6) is 0 Å². The van der Waals surface area contributed by atoms with Gasteiger partial charge < -0.3 is 5.73 Å². The van der Waals surface area contributed by atoms with E-state index >= 15 is 0 Å². The van der Waals surface area contributed by atoms with Gasteiger partial charge in [-0.2, -0.15) is 0 Å². The van der Waals surface area contributed by atoms with Gasteiger partial charge in [-0.3, -0.25) is 4.79 Å². The molecule has 0 aliphatic carbocycles. The van der Waals surface area contributed by atoms with Gasteiger partial charge in [0.1, 0.15) is 11.7 Å². The minimum absolute atomic E-state index is 0.162. The molecule has 15 heavy (non-hydrogen) atoms. The molecular formula is C9H10N4OS. The van der Waals surface area contributed by atoms with Crippen LogP contribution in [0.2, 0.25) is 0 Å². The number of aromatic nitrogens is 3. The standard InChI is InChI=1S/C9H10N4OS/c1-13-6(5-11-12-13)9(14)8(10)7-3-2-4-15-7/h2-5,8H,10H2,1H3. The summed E-state index contributed by atoms with van der Waals surface area (Å²) in [6.07, 6.45) is 1.43. The fourth-order valence-electron chi connectivity index (χ4n) is 1.27. The van der Waals surface area contributed by atoms with Crippen LogP contribution in [0, 0.1) is 0 Å². The van der Waals surface area contributed by atoms with Crippen LogP contribution in [0.4, 0.5) is 0 Å². The van der Waals surface area contributed by atoms with E-state index in [1.54, 1.807) is 7.05 Å². The highest BCUT2D eigenvalue weighted by atomic mass is 32.1. The van der Waals surface area contributed by atoms with E-state index < -0.39 is 6.04 Å². The van der Waals surface area contributed by atoms with Gasteiger partial charge in [0.2, 0.25) is 5.78 Å². The number of thiophene rings is 1. The molecule has 2 N–H and O–H groups in total. The third-order valence-electron chi connectivity index (χ3n) is 2.10. The SMILES string of the molecule is Cn1nncc1C(=O)C(N)c1cccs1. The van der Waals surface area contributed by atoms with Crippen molar-refractivity contribution < 1.29 is 4.79 Å². The van der Waals surface area contributed by atoms with Crippen molar-refractivity contribution in [2.24, 2.45) is 12.8 Å². The highest BCUT2D eigenvalue weighted by Gasteiger charge is 2.21.